The van der Waals surface area contributed by atoms with Crippen molar-refractivity contribution in [3.8, 4) is 0 Å². The highest BCUT2D eigenvalue weighted by Crippen LogP contribution is 2.31. The molecule has 4 aromatic carbocycles. The van der Waals surface area contributed by atoms with E-state index in [-0.39, 0.29) is 11.5 Å². The van der Waals surface area contributed by atoms with Crippen molar-refractivity contribution in [1.82, 2.24) is 9.13 Å². The molecule has 1 N–H and O–H groups in total. The van der Waals surface area contributed by atoms with Crippen LogP contribution < -0.4 is 20.2 Å². The van der Waals surface area contributed by atoms with Crippen molar-refractivity contribution in [2.24, 2.45) is 4.99 Å². The number of allylic oxidation sites excluding steroid dienone is 1. The summed E-state index contributed by atoms with van der Waals surface area (Å²) >= 11 is 13.8. The number of halogens is 2. The summed E-state index contributed by atoms with van der Waals surface area (Å²) in [5.41, 5.74) is 5.25. The lowest BCUT2D eigenvalue weighted by Crippen LogP contribution is -2.40. The predicted molar refractivity (Wildman–Crippen MR) is 183 cm³/mol. The SMILES string of the molecule is CC1=C(C(=O)Nc2ccccc2)[C@H](c2ccccc2)n2c(s/c(=C\c3cn(Cc4ccc(Cl)c(Cl)c4)c4ccccc34)c2=O)=N1. The first-order valence-electron chi connectivity index (χ1n) is 14.3. The minimum atomic E-state index is -0.635. The van der Waals surface area contributed by atoms with E-state index >= 15 is 0 Å². The zero-order valence-corrected chi connectivity index (χ0v) is 26.4. The summed E-state index contributed by atoms with van der Waals surface area (Å²) in [7, 11) is 0. The maximum atomic E-state index is 14.2. The summed E-state index contributed by atoms with van der Waals surface area (Å²) in [6.45, 7) is 2.41. The molecule has 0 aliphatic carbocycles. The van der Waals surface area contributed by atoms with E-state index in [1.54, 1.807) is 10.6 Å². The molecule has 1 amide bonds. The van der Waals surface area contributed by atoms with Gasteiger partial charge in [-0.25, -0.2) is 4.99 Å². The molecule has 0 spiro atoms. The standard InChI is InChI=1S/C36H26Cl2N4O2S/c1-22-32(34(43)40-26-12-6-3-7-13-26)33(24-10-4-2-5-11-24)42-35(44)31(45-36(42)39-22)19-25-21-41(30-15-9-8-14-27(25)30)20-23-16-17-28(37)29(38)18-23/h2-19,21,33H,20H2,1H3,(H,40,43)/b31-19-/t33-/m0/s1. The zero-order valence-electron chi connectivity index (χ0n) is 24.1. The van der Waals surface area contributed by atoms with E-state index in [0.29, 0.717) is 42.9 Å². The maximum absolute atomic E-state index is 14.2. The number of anilines is 1. The molecule has 1 aliphatic heterocycles. The van der Waals surface area contributed by atoms with E-state index in [1.165, 1.54) is 11.3 Å². The van der Waals surface area contributed by atoms with Crippen molar-refractivity contribution in [1.29, 1.82) is 0 Å². The topological polar surface area (TPSA) is 68.4 Å². The van der Waals surface area contributed by atoms with Gasteiger partial charge in [-0.05, 0) is 54.5 Å². The number of rotatable bonds is 6. The molecule has 0 fully saturated rings. The summed E-state index contributed by atoms with van der Waals surface area (Å²) in [4.78, 5) is 33.3. The number of benzene rings is 4. The number of hydrogen-bond donors (Lipinski definition) is 1. The van der Waals surface area contributed by atoms with Crippen molar-refractivity contribution in [3.05, 3.63) is 167 Å². The average molecular weight is 650 g/mol. The molecule has 0 radical (unpaired) electrons. The third-order valence-corrected chi connectivity index (χ3v) is 9.58. The van der Waals surface area contributed by atoms with E-state index < -0.39 is 6.04 Å². The third-order valence-electron chi connectivity index (χ3n) is 7.86. The Morgan fingerprint density at radius 2 is 1.64 bits per heavy atom. The van der Waals surface area contributed by atoms with Crippen LogP contribution in [0.1, 0.15) is 29.7 Å². The van der Waals surface area contributed by atoms with Crippen LogP contribution in [-0.4, -0.2) is 15.0 Å². The second kappa shape index (κ2) is 12.0. The Kier molecular flexibility index (Phi) is 7.75. The summed E-state index contributed by atoms with van der Waals surface area (Å²) in [6, 6.07) is 32.0. The molecule has 45 heavy (non-hydrogen) atoms. The van der Waals surface area contributed by atoms with Gasteiger partial charge < -0.3 is 9.88 Å². The van der Waals surface area contributed by atoms with E-state index in [4.69, 9.17) is 28.2 Å². The van der Waals surface area contributed by atoms with Gasteiger partial charge in [0.15, 0.2) is 4.80 Å². The van der Waals surface area contributed by atoms with Crippen LogP contribution >= 0.6 is 34.5 Å². The van der Waals surface area contributed by atoms with Crippen LogP contribution in [0.5, 0.6) is 0 Å². The van der Waals surface area contributed by atoms with Gasteiger partial charge in [-0.2, -0.15) is 0 Å². The van der Waals surface area contributed by atoms with E-state index in [0.717, 1.165) is 27.6 Å². The molecule has 6 aromatic rings. The van der Waals surface area contributed by atoms with E-state index in [1.807, 2.05) is 110 Å². The Morgan fingerprint density at radius 3 is 2.40 bits per heavy atom. The molecule has 0 bridgehead atoms. The minimum absolute atomic E-state index is 0.202. The molecular formula is C36H26Cl2N4O2S. The largest absolute Gasteiger partial charge is 0.342 e. The number of carbonyl (C=O) groups excluding carboxylic acids is 1. The van der Waals surface area contributed by atoms with Gasteiger partial charge in [0, 0.05) is 34.9 Å². The monoisotopic (exact) mass is 648 g/mol. The Balaban J connectivity index is 1.34. The molecule has 6 nitrogen and oxygen atoms in total. The quantitative estimate of drug-likeness (QED) is 0.208. The first-order chi connectivity index (χ1) is 21.9. The predicted octanol–water partition coefficient (Wildman–Crippen LogP) is 7.18. The van der Waals surface area contributed by atoms with Crippen molar-refractivity contribution >= 4 is 63.1 Å². The number of nitrogens with one attached hydrogen (secondary N) is 1. The van der Waals surface area contributed by atoms with Gasteiger partial charge >= 0.3 is 0 Å². The van der Waals surface area contributed by atoms with Gasteiger partial charge in [-0.3, -0.25) is 14.2 Å². The molecule has 1 atom stereocenters. The lowest BCUT2D eigenvalue weighted by Gasteiger charge is -2.25. The number of para-hydroxylation sites is 2. The first-order valence-corrected chi connectivity index (χ1v) is 15.9. The summed E-state index contributed by atoms with van der Waals surface area (Å²) < 4.78 is 4.32. The van der Waals surface area contributed by atoms with Crippen LogP contribution in [0.25, 0.3) is 17.0 Å². The fourth-order valence-corrected chi connectivity index (χ4v) is 7.14. The highest BCUT2D eigenvalue weighted by atomic mass is 35.5. The lowest BCUT2D eigenvalue weighted by molar-refractivity contribution is -0.113. The Labute approximate surface area is 272 Å². The van der Waals surface area contributed by atoms with Crippen LogP contribution in [0.15, 0.2) is 130 Å². The number of hydrogen-bond acceptors (Lipinski definition) is 4. The molecular weight excluding hydrogens is 623 g/mol. The van der Waals surface area contributed by atoms with E-state index in [2.05, 4.69) is 16.0 Å². The molecule has 0 saturated heterocycles. The number of thiazole rings is 1. The number of carbonyl (C=O) groups is 1. The molecule has 9 heteroatoms. The Hall–Kier alpha value is -4.69. The van der Waals surface area contributed by atoms with Gasteiger partial charge in [-0.15, -0.1) is 0 Å². The first kappa shape index (κ1) is 29.0. The van der Waals surface area contributed by atoms with Gasteiger partial charge in [0.05, 0.1) is 31.9 Å². The number of amides is 1. The van der Waals surface area contributed by atoms with Crippen molar-refractivity contribution in [3.63, 3.8) is 0 Å². The molecule has 2 aromatic heterocycles. The fraction of sp³-hybridized carbons (Fsp3) is 0.0833. The Morgan fingerprint density at radius 1 is 0.933 bits per heavy atom. The molecule has 0 saturated carbocycles. The van der Waals surface area contributed by atoms with Gasteiger partial charge in [-0.1, -0.05) is 107 Å². The van der Waals surface area contributed by atoms with Crippen molar-refractivity contribution < 1.29 is 4.79 Å². The molecule has 3 heterocycles. The van der Waals surface area contributed by atoms with Crippen molar-refractivity contribution in [2.75, 3.05) is 5.32 Å². The normalized spacial score (nSPS) is 14.8. The van der Waals surface area contributed by atoms with Crippen LogP contribution in [0.3, 0.4) is 0 Å². The average Bonchev–Trinajstić information content (AvgIpc) is 3.55. The summed E-state index contributed by atoms with van der Waals surface area (Å²) in [6.07, 6.45) is 3.96. The molecule has 1 aliphatic rings. The molecule has 222 valence electrons. The van der Waals surface area contributed by atoms with Crippen LogP contribution in [0, 0.1) is 0 Å². The number of fused-ring (bicyclic) bond motifs is 2. The second-order valence-corrected chi connectivity index (χ2v) is 12.6. The highest BCUT2D eigenvalue weighted by molar-refractivity contribution is 7.07. The van der Waals surface area contributed by atoms with E-state index in [9.17, 15) is 9.59 Å². The zero-order chi connectivity index (χ0) is 31.1. The van der Waals surface area contributed by atoms with Gasteiger partial charge in [0.2, 0.25) is 0 Å². The number of nitrogens with zero attached hydrogens (tertiary/aromatic N) is 3. The van der Waals surface area contributed by atoms with Gasteiger partial charge in [0.25, 0.3) is 11.5 Å². The Bertz CT molecular complexity index is 2300. The minimum Gasteiger partial charge on any atom is -0.342 e. The van der Waals surface area contributed by atoms with Crippen LogP contribution in [0.4, 0.5) is 5.69 Å². The smallest absolute Gasteiger partial charge is 0.271 e. The molecule has 0 unspecified atom stereocenters. The van der Waals surface area contributed by atoms with Crippen LogP contribution in [-0.2, 0) is 11.3 Å². The summed E-state index contributed by atoms with van der Waals surface area (Å²) in [5.74, 6) is -0.295. The van der Waals surface area contributed by atoms with Crippen LogP contribution in [0.2, 0.25) is 10.0 Å². The lowest BCUT2D eigenvalue weighted by atomic mass is 9.95. The fourth-order valence-electron chi connectivity index (χ4n) is 5.78. The number of aromatic nitrogens is 2. The highest BCUT2D eigenvalue weighted by Gasteiger charge is 2.32. The van der Waals surface area contributed by atoms with Gasteiger partial charge in [0.1, 0.15) is 0 Å². The maximum Gasteiger partial charge on any atom is 0.271 e. The summed E-state index contributed by atoms with van der Waals surface area (Å²) in [5, 5.41) is 5.03. The molecule has 7 rings (SSSR count). The second-order valence-electron chi connectivity index (χ2n) is 10.8. The van der Waals surface area contributed by atoms with Crippen molar-refractivity contribution in [2.45, 2.75) is 19.5 Å². The third kappa shape index (κ3) is 5.55.